The second-order valence-electron chi connectivity index (χ2n) is 12.1. The van der Waals surface area contributed by atoms with Gasteiger partial charge in [-0.2, -0.15) is 0 Å². The quantitative estimate of drug-likeness (QED) is 0.110. The normalized spacial score (nSPS) is 12.8. The molecule has 0 saturated heterocycles. The molecular formula is C37H43FN2O6. The number of benzene rings is 3. The number of hydrogen-bond acceptors (Lipinski definition) is 5. The Hall–Kier alpha value is -4.31. The van der Waals surface area contributed by atoms with Gasteiger partial charge in [-0.25, -0.2) is 4.39 Å². The Kier molecular flexibility index (Phi) is 11.9. The van der Waals surface area contributed by atoms with Gasteiger partial charge in [0, 0.05) is 23.5 Å². The van der Waals surface area contributed by atoms with E-state index in [1.165, 1.54) is 12.1 Å². The van der Waals surface area contributed by atoms with Gasteiger partial charge in [-0.3, -0.25) is 9.59 Å². The van der Waals surface area contributed by atoms with Crippen LogP contribution in [0.15, 0.2) is 78.9 Å². The van der Waals surface area contributed by atoms with E-state index >= 15 is 0 Å². The van der Waals surface area contributed by atoms with E-state index in [0.717, 1.165) is 16.8 Å². The Morgan fingerprint density at radius 2 is 1.52 bits per heavy atom. The van der Waals surface area contributed by atoms with Crippen LogP contribution in [0.4, 0.5) is 10.1 Å². The van der Waals surface area contributed by atoms with Crippen LogP contribution in [0.2, 0.25) is 0 Å². The number of hydrogen-bond donors (Lipinski definition) is 4. The van der Waals surface area contributed by atoms with E-state index in [4.69, 9.17) is 9.84 Å². The van der Waals surface area contributed by atoms with Crippen LogP contribution in [0.3, 0.4) is 0 Å². The summed E-state index contributed by atoms with van der Waals surface area (Å²) in [6.45, 7) is 8.65. The summed E-state index contributed by atoms with van der Waals surface area (Å²) in [6.07, 6.45) is -2.47. The molecule has 0 fully saturated rings. The highest BCUT2D eigenvalue weighted by Crippen LogP contribution is 2.42. The highest BCUT2D eigenvalue weighted by Gasteiger charge is 2.31. The van der Waals surface area contributed by atoms with Crippen molar-refractivity contribution >= 4 is 17.6 Å². The molecule has 0 unspecified atom stereocenters. The fourth-order valence-corrected chi connectivity index (χ4v) is 5.63. The van der Waals surface area contributed by atoms with E-state index in [9.17, 15) is 24.2 Å². The van der Waals surface area contributed by atoms with E-state index in [-0.39, 0.29) is 37.3 Å². The van der Waals surface area contributed by atoms with Gasteiger partial charge in [-0.1, -0.05) is 56.3 Å². The zero-order valence-electron chi connectivity index (χ0n) is 26.7. The third kappa shape index (κ3) is 8.90. The number of carboxylic acid groups (broad SMARTS) is 1. The van der Waals surface area contributed by atoms with Crippen LogP contribution in [-0.4, -0.2) is 50.1 Å². The van der Waals surface area contributed by atoms with Gasteiger partial charge in [0.1, 0.15) is 5.82 Å². The molecule has 1 amide bonds. The highest BCUT2D eigenvalue weighted by molar-refractivity contribution is 6.12. The van der Waals surface area contributed by atoms with Crippen molar-refractivity contribution in [3.05, 3.63) is 102 Å². The number of carbonyl (C=O) groups excluding carboxylic acids is 1. The number of aliphatic hydroxyl groups is 2. The van der Waals surface area contributed by atoms with Gasteiger partial charge in [-0.15, -0.1) is 0 Å². The predicted octanol–water partition coefficient (Wildman–Crippen LogP) is 7.24. The zero-order chi connectivity index (χ0) is 33.4. The molecule has 4 aromatic rings. The number of carboxylic acids is 1. The van der Waals surface area contributed by atoms with Crippen molar-refractivity contribution in [2.45, 2.75) is 84.3 Å². The summed E-state index contributed by atoms with van der Waals surface area (Å²) >= 11 is 0. The van der Waals surface area contributed by atoms with Crippen LogP contribution < -0.4 is 5.32 Å². The molecule has 0 aliphatic carbocycles. The maximum absolute atomic E-state index is 14.3. The first-order valence-electron chi connectivity index (χ1n) is 15.6. The van der Waals surface area contributed by atoms with Crippen LogP contribution in [0.5, 0.6) is 0 Å². The average Bonchev–Trinajstić information content (AvgIpc) is 3.35. The van der Waals surface area contributed by atoms with Crippen molar-refractivity contribution in [2.75, 3.05) is 5.32 Å². The number of anilines is 1. The minimum atomic E-state index is -1.19. The van der Waals surface area contributed by atoms with E-state index in [2.05, 4.69) is 5.32 Å². The molecule has 46 heavy (non-hydrogen) atoms. The summed E-state index contributed by atoms with van der Waals surface area (Å²) in [4.78, 5) is 25.4. The Morgan fingerprint density at radius 1 is 0.870 bits per heavy atom. The molecule has 0 radical (unpaired) electrons. The number of aliphatic hydroxyl groups excluding tert-OH is 2. The highest BCUT2D eigenvalue weighted by atomic mass is 19.1. The second kappa shape index (κ2) is 15.8. The smallest absolute Gasteiger partial charge is 0.305 e. The first-order valence-corrected chi connectivity index (χ1v) is 15.6. The van der Waals surface area contributed by atoms with Crippen molar-refractivity contribution in [1.82, 2.24) is 4.57 Å². The Morgan fingerprint density at radius 3 is 2.11 bits per heavy atom. The molecule has 2 atom stereocenters. The minimum Gasteiger partial charge on any atom is -0.481 e. The lowest BCUT2D eigenvalue weighted by Crippen LogP contribution is -2.22. The Balaban J connectivity index is 1.83. The average molecular weight is 631 g/mol. The maximum Gasteiger partial charge on any atom is 0.305 e. The van der Waals surface area contributed by atoms with E-state index in [1.807, 2.05) is 86.9 Å². The monoisotopic (exact) mass is 630 g/mol. The van der Waals surface area contributed by atoms with Gasteiger partial charge < -0.3 is 29.9 Å². The molecule has 0 spiro atoms. The number of rotatable bonds is 15. The number of halogens is 1. The predicted molar refractivity (Wildman–Crippen MR) is 177 cm³/mol. The van der Waals surface area contributed by atoms with Gasteiger partial charge >= 0.3 is 5.97 Å². The molecule has 3 aromatic carbocycles. The van der Waals surface area contributed by atoms with Gasteiger partial charge in [0.05, 0.1) is 42.6 Å². The van der Waals surface area contributed by atoms with Crippen molar-refractivity contribution in [2.24, 2.45) is 0 Å². The van der Waals surface area contributed by atoms with Crippen LogP contribution in [0.25, 0.3) is 22.4 Å². The molecule has 1 heterocycles. The number of nitrogens with zero attached hydrogens (tertiary/aromatic N) is 1. The number of ether oxygens (including phenoxy) is 1. The van der Waals surface area contributed by atoms with Gasteiger partial charge in [0.2, 0.25) is 0 Å². The van der Waals surface area contributed by atoms with E-state index < -0.39 is 30.4 Å². The molecule has 8 nitrogen and oxygen atoms in total. The molecular weight excluding hydrogens is 587 g/mol. The van der Waals surface area contributed by atoms with Crippen molar-refractivity contribution in [3.8, 4) is 22.4 Å². The lowest BCUT2D eigenvalue weighted by molar-refractivity contribution is -0.139. The van der Waals surface area contributed by atoms with Crippen LogP contribution in [0.1, 0.15) is 74.5 Å². The Labute approximate surface area is 269 Å². The summed E-state index contributed by atoms with van der Waals surface area (Å²) < 4.78 is 21.8. The van der Waals surface area contributed by atoms with Crippen LogP contribution in [0, 0.1) is 5.82 Å². The minimum absolute atomic E-state index is 0.0977. The number of amides is 1. The lowest BCUT2D eigenvalue weighted by Gasteiger charge is -2.20. The molecule has 4 rings (SSSR count). The number of aliphatic carboxylic acids is 1. The van der Waals surface area contributed by atoms with Crippen LogP contribution in [-0.2, 0) is 22.7 Å². The van der Waals surface area contributed by atoms with Crippen molar-refractivity contribution < 1.29 is 34.0 Å². The summed E-state index contributed by atoms with van der Waals surface area (Å²) in [6, 6.07) is 23.1. The fraction of sp³-hybridized carbons (Fsp3) is 0.351. The van der Waals surface area contributed by atoms with Gasteiger partial charge in [0.15, 0.2) is 0 Å². The molecule has 0 aliphatic heterocycles. The molecule has 244 valence electrons. The summed E-state index contributed by atoms with van der Waals surface area (Å²) in [7, 11) is 0. The molecule has 0 bridgehead atoms. The molecule has 0 aliphatic rings. The third-order valence-electron chi connectivity index (χ3n) is 7.69. The van der Waals surface area contributed by atoms with Crippen molar-refractivity contribution in [1.29, 1.82) is 0 Å². The number of aromatic nitrogens is 1. The first kappa shape index (κ1) is 34.6. The fourth-order valence-electron chi connectivity index (χ4n) is 5.63. The van der Waals surface area contributed by atoms with E-state index in [0.29, 0.717) is 34.7 Å². The second-order valence-corrected chi connectivity index (χ2v) is 12.1. The summed E-state index contributed by atoms with van der Waals surface area (Å²) in [5, 5.41) is 33.0. The largest absolute Gasteiger partial charge is 0.481 e. The summed E-state index contributed by atoms with van der Waals surface area (Å²) in [5.41, 5.74) is 5.66. The van der Waals surface area contributed by atoms with Crippen LogP contribution >= 0.6 is 0 Å². The third-order valence-corrected chi connectivity index (χ3v) is 7.69. The molecule has 9 heteroatoms. The lowest BCUT2D eigenvalue weighted by atomic mass is 9.94. The maximum atomic E-state index is 14.3. The molecule has 1 aromatic heterocycles. The zero-order valence-corrected chi connectivity index (χ0v) is 26.7. The molecule has 4 N–H and O–H groups in total. The SMILES string of the molecule is CC(C)OCc1ccc(NC(=O)c2c(-c3ccccc3)c(-c3ccc(F)cc3)n(CC[C@@H](O)C[C@@H](O)CC(=O)O)c2C(C)C)cc1. The molecule has 0 saturated carbocycles. The number of carbonyl (C=O) groups is 2. The number of nitrogens with one attached hydrogen (secondary N) is 1. The van der Waals surface area contributed by atoms with E-state index in [1.54, 1.807) is 12.1 Å². The first-order chi connectivity index (χ1) is 21.9. The van der Waals surface area contributed by atoms with Crippen molar-refractivity contribution in [3.63, 3.8) is 0 Å². The standard InChI is InChI=1S/C37H43FN2O6/c1-23(2)35-34(37(45)39-29-16-10-25(11-17-29)22-46-24(3)4)33(26-8-6-5-7-9-26)36(27-12-14-28(38)15-13-27)40(35)19-18-30(41)20-31(42)21-32(43)44/h5-17,23-24,30-31,41-42H,18-22H2,1-4H3,(H,39,45)(H,43,44)/t30-,31-/m1/s1. The summed E-state index contributed by atoms with van der Waals surface area (Å²) in [5.74, 6) is -1.99. The topological polar surface area (TPSA) is 121 Å². The Bertz CT molecular complexity index is 1600. The van der Waals surface area contributed by atoms with Gasteiger partial charge in [-0.05, 0) is 85.7 Å². The van der Waals surface area contributed by atoms with Gasteiger partial charge in [0.25, 0.3) is 5.91 Å².